The summed E-state index contributed by atoms with van der Waals surface area (Å²) in [6, 6.07) is 8.20. The summed E-state index contributed by atoms with van der Waals surface area (Å²) in [7, 11) is 0. The summed E-state index contributed by atoms with van der Waals surface area (Å²) in [5.74, 6) is 1.32. The minimum absolute atomic E-state index is 0.0507. The molecule has 0 spiro atoms. The molecule has 0 amide bonds. The Morgan fingerprint density at radius 2 is 1.90 bits per heavy atom. The van der Waals surface area contributed by atoms with E-state index in [1.165, 1.54) is 0 Å². The molecule has 2 rings (SSSR count). The van der Waals surface area contributed by atoms with E-state index in [4.69, 9.17) is 0 Å². The Bertz CT molecular complexity index is 529. The maximum absolute atomic E-state index is 12.9. The smallest absolute Gasteiger partial charge is 0.146 e. The molecule has 21 heavy (non-hydrogen) atoms. The summed E-state index contributed by atoms with van der Waals surface area (Å²) < 4.78 is 1.08. The van der Waals surface area contributed by atoms with Gasteiger partial charge >= 0.3 is 0 Å². The lowest BCUT2D eigenvalue weighted by molar-refractivity contribution is -0.138. The van der Waals surface area contributed by atoms with Crippen LogP contribution in [0.4, 0.5) is 0 Å². The van der Waals surface area contributed by atoms with Crippen LogP contribution in [0.5, 0.6) is 0 Å². The highest BCUT2D eigenvalue weighted by Gasteiger charge is 2.44. The van der Waals surface area contributed by atoms with Gasteiger partial charge in [0.25, 0.3) is 0 Å². The molecule has 3 atom stereocenters. The van der Waals surface area contributed by atoms with Crippen molar-refractivity contribution in [2.75, 3.05) is 0 Å². The van der Waals surface area contributed by atoms with Crippen molar-refractivity contribution < 1.29 is 4.79 Å². The highest BCUT2D eigenvalue weighted by atomic mass is 79.9. The number of ketones is 1. The van der Waals surface area contributed by atoms with Crippen molar-refractivity contribution in [2.45, 2.75) is 40.5 Å². The van der Waals surface area contributed by atoms with Gasteiger partial charge in [-0.25, -0.2) is 0 Å². The number of hydrogen-bond acceptors (Lipinski definition) is 1. The zero-order valence-electron chi connectivity index (χ0n) is 13.4. The second-order valence-electron chi connectivity index (χ2n) is 6.89. The first kappa shape index (κ1) is 16.5. The van der Waals surface area contributed by atoms with E-state index in [1.54, 1.807) is 0 Å². The second-order valence-corrected chi connectivity index (χ2v) is 7.80. The Balaban J connectivity index is 2.20. The largest absolute Gasteiger partial charge is 0.298 e. The lowest BCUT2D eigenvalue weighted by Crippen LogP contribution is -2.43. The minimum atomic E-state index is -0.165. The zero-order chi connectivity index (χ0) is 15.6. The lowest BCUT2D eigenvalue weighted by Gasteiger charge is -2.41. The van der Waals surface area contributed by atoms with Gasteiger partial charge in [0.2, 0.25) is 0 Å². The van der Waals surface area contributed by atoms with Crippen molar-refractivity contribution in [3.63, 3.8) is 0 Å². The van der Waals surface area contributed by atoms with Gasteiger partial charge < -0.3 is 0 Å². The first-order chi connectivity index (χ1) is 9.84. The molecule has 0 heterocycles. The van der Waals surface area contributed by atoms with Crippen molar-refractivity contribution in [3.05, 3.63) is 40.4 Å². The van der Waals surface area contributed by atoms with E-state index in [0.29, 0.717) is 17.6 Å². The van der Waals surface area contributed by atoms with Crippen molar-refractivity contribution in [1.82, 2.24) is 0 Å². The van der Waals surface area contributed by atoms with Crippen LogP contribution in [-0.4, -0.2) is 5.78 Å². The molecule has 0 aliphatic heterocycles. The Morgan fingerprint density at radius 1 is 1.29 bits per heavy atom. The van der Waals surface area contributed by atoms with E-state index in [9.17, 15) is 4.79 Å². The highest BCUT2D eigenvalue weighted by molar-refractivity contribution is 9.10. The fourth-order valence-electron chi connectivity index (χ4n) is 3.11. The minimum Gasteiger partial charge on any atom is -0.298 e. The number of hydrogen-bond donors (Lipinski definition) is 0. The molecule has 0 N–H and O–H groups in total. The van der Waals surface area contributed by atoms with E-state index >= 15 is 0 Å². The average molecular weight is 349 g/mol. The summed E-state index contributed by atoms with van der Waals surface area (Å²) in [5.41, 5.74) is 0.983. The molecular formula is C19H25BrO. The fraction of sp³-hybridized carbons (Fsp3) is 0.526. The summed E-state index contributed by atoms with van der Waals surface area (Å²) in [6.07, 6.45) is 6.37. The molecule has 1 nitrogen and oxygen atoms in total. The summed E-state index contributed by atoms with van der Waals surface area (Å²) in [5, 5.41) is 0. The molecule has 1 aliphatic rings. The average Bonchev–Trinajstić information content (AvgIpc) is 2.45. The third-order valence-corrected chi connectivity index (χ3v) is 5.77. The van der Waals surface area contributed by atoms with Crippen LogP contribution in [0.25, 0.3) is 6.08 Å². The molecule has 1 fully saturated rings. The van der Waals surface area contributed by atoms with Crippen LogP contribution in [0, 0.1) is 23.2 Å². The van der Waals surface area contributed by atoms with E-state index in [0.717, 1.165) is 22.9 Å². The molecule has 1 saturated carbocycles. The van der Waals surface area contributed by atoms with Gasteiger partial charge in [0.1, 0.15) is 5.78 Å². The predicted octanol–water partition coefficient (Wildman–Crippen LogP) is 5.74. The molecule has 0 radical (unpaired) electrons. The van der Waals surface area contributed by atoms with Gasteiger partial charge in [-0.2, -0.15) is 0 Å². The van der Waals surface area contributed by atoms with Crippen molar-refractivity contribution in [2.24, 2.45) is 23.2 Å². The third-order valence-electron chi connectivity index (χ3n) is 5.24. The molecular weight excluding hydrogens is 324 g/mol. The van der Waals surface area contributed by atoms with Gasteiger partial charge in [-0.1, -0.05) is 67.9 Å². The fourth-order valence-corrected chi connectivity index (χ4v) is 3.37. The summed E-state index contributed by atoms with van der Waals surface area (Å²) in [4.78, 5) is 12.9. The molecule has 1 aromatic rings. The normalized spacial score (nSPS) is 30.3. The van der Waals surface area contributed by atoms with Crippen LogP contribution in [0.3, 0.4) is 0 Å². The molecule has 1 aromatic carbocycles. The standard InChI is InChI=1S/C19H25BrO/c1-13(2)19(4)12-11-14(3)17(18(19)21)10-7-15-5-8-16(20)9-6-15/h5-10,13-14,17H,11-12H2,1-4H3/b10-7+/t14-,17?,19-/m1/s1. The molecule has 0 bridgehead atoms. The lowest BCUT2D eigenvalue weighted by atomic mass is 9.61. The van der Waals surface area contributed by atoms with E-state index < -0.39 is 0 Å². The summed E-state index contributed by atoms with van der Waals surface area (Å²) >= 11 is 3.44. The van der Waals surface area contributed by atoms with Gasteiger partial charge in [0.15, 0.2) is 0 Å². The van der Waals surface area contributed by atoms with Gasteiger partial charge in [-0.15, -0.1) is 0 Å². The quantitative estimate of drug-likeness (QED) is 0.680. The number of Topliss-reactive ketones (excluding diaryl/α,β-unsaturated/α-hetero) is 1. The number of rotatable bonds is 3. The maximum atomic E-state index is 12.9. The molecule has 2 heteroatoms. The van der Waals surface area contributed by atoms with Crippen LogP contribution in [0.2, 0.25) is 0 Å². The van der Waals surface area contributed by atoms with E-state index in [-0.39, 0.29) is 11.3 Å². The number of carbonyl (C=O) groups is 1. The first-order valence-electron chi connectivity index (χ1n) is 7.82. The number of benzene rings is 1. The monoisotopic (exact) mass is 348 g/mol. The van der Waals surface area contributed by atoms with Crippen LogP contribution < -0.4 is 0 Å². The van der Waals surface area contributed by atoms with Crippen molar-refractivity contribution in [3.8, 4) is 0 Å². The van der Waals surface area contributed by atoms with Gasteiger partial charge in [0, 0.05) is 15.8 Å². The summed E-state index contributed by atoms with van der Waals surface area (Å²) in [6.45, 7) is 8.69. The molecule has 0 aromatic heterocycles. The maximum Gasteiger partial charge on any atom is 0.146 e. The van der Waals surface area contributed by atoms with Crippen LogP contribution in [0.1, 0.15) is 46.1 Å². The van der Waals surface area contributed by atoms with E-state index in [2.05, 4.69) is 67.9 Å². The zero-order valence-corrected chi connectivity index (χ0v) is 15.0. The first-order valence-corrected chi connectivity index (χ1v) is 8.62. The Labute approximate surface area is 137 Å². The van der Waals surface area contributed by atoms with Gasteiger partial charge in [-0.05, 0) is 42.4 Å². The van der Waals surface area contributed by atoms with Gasteiger partial charge in [0.05, 0.1) is 0 Å². The van der Waals surface area contributed by atoms with Crippen LogP contribution in [-0.2, 0) is 4.79 Å². The number of carbonyl (C=O) groups excluding carboxylic acids is 1. The SMILES string of the molecule is CC(C)[C@@]1(C)CC[C@@H](C)C(/C=C/c2ccc(Br)cc2)C1=O. The van der Waals surface area contributed by atoms with Crippen LogP contribution >= 0.6 is 15.9 Å². The Hall–Kier alpha value is -0.890. The third kappa shape index (κ3) is 3.48. The van der Waals surface area contributed by atoms with Gasteiger partial charge in [-0.3, -0.25) is 4.79 Å². The molecule has 1 unspecified atom stereocenters. The number of halogens is 1. The second kappa shape index (κ2) is 6.48. The Kier molecular flexibility index (Phi) is 5.08. The van der Waals surface area contributed by atoms with E-state index in [1.807, 2.05) is 12.1 Å². The molecule has 0 saturated heterocycles. The predicted molar refractivity (Wildman–Crippen MR) is 93.0 cm³/mol. The molecule has 114 valence electrons. The topological polar surface area (TPSA) is 17.1 Å². The van der Waals surface area contributed by atoms with Crippen molar-refractivity contribution >= 4 is 27.8 Å². The van der Waals surface area contributed by atoms with Crippen LogP contribution in [0.15, 0.2) is 34.8 Å². The number of allylic oxidation sites excluding steroid dienone is 1. The molecule has 1 aliphatic carbocycles. The highest BCUT2D eigenvalue weighted by Crippen LogP contribution is 2.44. The Morgan fingerprint density at radius 3 is 2.48 bits per heavy atom. The van der Waals surface area contributed by atoms with Crippen molar-refractivity contribution in [1.29, 1.82) is 0 Å².